The van der Waals surface area contributed by atoms with Gasteiger partial charge in [-0.05, 0) is 26.0 Å². The van der Waals surface area contributed by atoms with Gasteiger partial charge in [-0.15, -0.1) is 0 Å². The van der Waals surface area contributed by atoms with Crippen LogP contribution in [0, 0.1) is 0 Å². The minimum Gasteiger partial charge on any atom is -0.476 e. The summed E-state index contributed by atoms with van der Waals surface area (Å²) in [5, 5.41) is 15.2. The van der Waals surface area contributed by atoms with E-state index in [-0.39, 0.29) is 5.69 Å². The van der Waals surface area contributed by atoms with E-state index in [1.807, 2.05) is 0 Å². The van der Waals surface area contributed by atoms with Crippen LogP contribution in [-0.4, -0.2) is 39.3 Å². The van der Waals surface area contributed by atoms with Gasteiger partial charge in [0.25, 0.3) is 0 Å². The Bertz CT molecular complexity index is 357. The van der Waals surface area contributed by atoms with E-state index >= 15 is 0 Å². The first-order chi connectivity index (χ1) is 7.16. The van der Waals surface area contributed by atoms with Gasteiger partial charge in [0.15, 0.2) is 5.69 Å². The van der Waals surface area contributed by atoms with E-state index in [1.54, 1.807) is 6.07 Å². The summed E-state index contributed by atoms with van der Waals surface area (Å²) >= 11 is 0. The van der Waals surface area contributed by atoms with Gasteiger partial charge in [0, 0.05) is 12.6 Å². The van der Waals surface area contributed by atoms with Crippen molar-refractivity contribution in [3.8, 4) is 0 Å². The Balaban J connectivity index is 1.94. The van der Waals surface area contributed by atoms with Crippen LogP contribution in [-0.2, 0) is 6.54 Å². The Morgan fingerprint density at radius 1 is 1.73 bits per heavy atom. The maximum absolute atomic E-state index is 10.6. The number of rotatable bonds is 4. The average molecular weight is 209 g/mol. The second-order valence-corrected chi connectivity index (χ2v) is 4.08. The summed E-state index contributed by atoms with van der Waals surface area (Å²) < 4.78 is 0. The maximum atomic E-state index is 10.6. The van der Waals surface area contributed by atoms with Gasteiger partial charge >= 0.3 is 5.97 Å². The van der Waals surface area contributed by atoms with Crippen LogP contribution in [0.3, 0.4) is 0 Å². The first kappa shape index (κ1) is 10.2. The second-order valence-electron chi connectivity index (χ2n) is 4.08. The van der Waals surface area contributed by atoms with E-state index in [4.69, 9.17) is 5.11 Å². The Kier molecular flexibility index (Phi) is 2.73. The first-order valence-electron chi connectivity index (χ1n) is 5.14. The molecule has 82 valence electrons. The SMILES string of the molecule is CN(Cc1cc(C(=O)O)n[nH]1)C1CCC1. The molecule has 0 bridgehead atoms. The predicted octanol–water partition coefficient (Wildman–Crippen LogP) is 1.09. The van der Waals surface area contributed by atoms with Gasteiger partial charge in [0.05, 0.1) is 5.69 Å². The molecule has 0 atom stereocenters. The van der Waals surface area contributed by atoms with Gasteiger partial charge in [-0.25, -0.2) is 4.79 Å². The third-order valence-corrected chi connectivity index (χ3v) is 2.97. The molecule has 1 aromatic rings. The summed E-state index contributed by atoms with van der Waals surface area (Å²) in [5.74, 6) is -0.983. The number of carboxylic acid groups (broad SMARTS) is 1. The molecule has 0 amide bonds. The third kappa shape index (κ3) is 2.18. The van der Waals surface area contributed by atoms with Crippen LogP contribution in [0.25, 0.3) is 0 Å². The molecule has 5 nitrogen and oxygen atoms in total. The molecule has 2 N–H and O–H groups in total. The molecule has 0 aromatic carbocycles. The molecule has 1 aliphatic carbocycles. The van der Waals surface area contributed by atoms with Crippen molar-refractivity contribution in [3.05, 3.63) is 17.5 Å². The zero-order valence-electron chi connectivity index (χ0n) is 8.73. The summed E-state index contributed by atoms with van der Waals surface area (Å²) in [5.41, 5.74) is 0.953. The fourth-order valence-corrected chi connectivity index (χ4v) is 1.78. The van der Waals surface area contributed by atoms with Crippen molar-refractivity contribution in [2.45, 2.75) is 31.8 Å². The summed E-state index contributed by atoms with van der Waals surface area (Å²) in [6.45, 7) is 0.741. The molecule has 0 saturated heterocycles. The van der Waals surface area contributed by atoms with Crippen molar-refractivity contribution in [1.82, 2.24) is 15.1 Å². The molecule has 5 heteroatoms. The van der Waals surface area contributed by atoms with E-state index in [9.17, 15) is 4.79 Å². The van der Waals surface area contributed by atoms with E-state index in [1.165, 1.54) is 19.3 Å². The third-order valence-electron chi connectivity index (χ3n) is 2.97. The molecular formula is C10H15N3O2. The van der Waals surface area contributed by atoms with Crippen LogP contribution in [0.5, 0.6) is 0 Å². The van der Waals surface area contributed by atoms with Gasteiger partial charge < -0.3 is 5.11 Å². The normalized spacial score (nSPS) is 16.7. The van der Waals surface area contributed by atoms with Crippen LogP contribution in [0.1, 0.15) is 35.4 Å². The van der Waals surface area contributed by atoms with Crippen LogP contribution in [0.4, 0.5) is 0 Å². The number of aromatic carboxylic acids is 1. The number of carboxylic acids is 1. The van der Waals surface area contributed by atoms with Gasteiger partial charge in [-0.2, -0.15) is 5.10 Å². The van der Waals surface area contributed by atoms with Crippen molar-refractivity contribution in [1.29, 1.82) is 0 Å². The molecule has 2 rings (SSSR count). The molecule has 1 aromatic heterocycles. The topological polar surface area (TPSA) is 69.2 Å². The molecule has 1 saturated carbocycles. The number of aromatic nitrogens is 2. The van der Waals surface area contributed by atoms with Crippen LogP contribution >= 0.6 is 0 Å². The molecule has 0 unspecified atom stereocenters. The van der Waals surface area contributed by atoms with Crippen molar-refractivity contribution >= 4 is 5.97 Å². The van der Waals surface area contributed by atoms with E-state index in [0.717, 1.165) is 12.2 Å². The number of carbonyl (C=O) groups is 1. The highest BCUT2D eigenvalue weighted by atomic mass is 16.4. The smallest absolute Gasteiger partial charge is 0.356 e. The highest BCUT2D eigenvalue weighted by molar-refractivity contribution is 5.85. The largest absolute Gasteiger partial charge is 0.476 e. The zero-order valence-corrected chi connectivity index (χ0v) is 8.73. The number of aromatic amines is 1. The average Bonchev–Trinajstić information content (AvgIpc) is 2.48. The number of nitrogens with zero attached hydrogens (tertiary/aromatic N) is 2. The maximum Gasteiger partial charge on any atom is 0.356 e. The fraction of sp³-hybridized carbons (Fsp3) is 0.600. The molecule has 15 heavy (non-hydrogen) atoms. The highest BCUT2D eigenvalue weighted by Gasteiger charge is 2.22. The first-order valence-corrected chi connectivity index (χ1v) is 5.14. The Hall–Kier alpha value is -1.36. The van der Waals surface area contributed by atoms with Crippen LogP contribution in [0.2, 0.25) is 0 Å². The zero-order chi connectivity index (χ0) is 10.8. The summed E-state index contributed by atoms with van der Waals surface area (Å²) in [7, 11) is 2.06. The molecule has 0 spiro atoms. The molecule has 1 heterocycles. The number of hydrogen-bond acceptors (Lipinski definition) is 3. The number of hydrogen-bond donors (Lipinski definition) is 2. The summed E-state index contributed by atoms with van der Waals surface area (Å²) in [6.07, 6.45) is 3.80. The summed E-state index contributed by atoms with van der Waals surface area (Å²) in [4.78, 5) is 12.8. The monoisotopic (exact) mass is 209 g/mol. The predicted molar refractivity (Wildman–Crippen MR) is 54.7 cm³/mol. The summed E-state index contributed by atoms with van der Waals surface area (Å²) in [6, 6.07) is 2.25. The van der Waals surface area contributed by atoms with Crippen molar-refractivity contribution < 1.29 is 9.90 Å². The van der Waals surface area contributed by atoms with Crippen LogP contribution in [0.15, 0.2) is 6.07 Å². The Morgan fingerprint density at radius 3 is 2.93 bits per heavy atom. The van der Waals surface area contributed by atoms with Crippen molar-refractivity contribution in [2.75, 3.05) is 7.05 Å². The van der Waals surface area contributed by atoms with Gasteiger partial charge in [-0.3, -0.25) is 10.00 Å². The van der Waals surface area contributed by atoms with Crippen LogP contribution < -0.4 is 0 Å². The highest BCUT2D eigenvalue weighted by Crippen LogP contribution is 2.24. The molecule has 0 radical (unpaired) electrons. The molecule has 1 fully saturated rings. The minimum atomic E-state index is -0.983. The number of H-pyrrole nitrogens is 1. The molecule has 1 aliphatic rings. The number of nitrogens with one attached hydrogen (secondary N) is 1. The lowest BCUT2D eigenvalue weighted by atomic mass is 9.92. The second kappa shape index (κ2) is 4.02. The van der Waals surface area contributed by atoms with E-state index in [0.29, 0.717) is 6.04 Å². The minimum absolute atomic E-state index is 0.0898. The lowest BCUT2D eigenvalue weighted by molar-refractivity contribution is 0.0690. The van der Waals surface area contributed by atoms with Gasteiger partial charge in [0.2, 0.25) is 0 Å². The van der Waals surface area contributed by atoms with Gasteiger partial charge in [-0.1, -0.05) is 6.42 Å². The van der Waals surface area contributed by atoms with Crippen molar-refractivity contribution in [2.24, 2.45) is 0 Å². The van der Waals surface area contributed by atoms with E-state index in [2.05, 4.69) is 22.1 Å². The molecular weight excluding hydrogens is 194 g/mol. The van der Waals surface area contributed by atoms with Crippen molar-refractivity contribution in [3.63, 3.8) is 0 Å². The van der Waals surface area contributed by atoms with E-state index < -0.39 is 5.97 Å². The van der Waals surface area contributed by atoms with Gasteiger partial charge in [0.1, 0.15) is 0 Å². The standard InChI is InChI=1S/C10H15N3O2/c1-13(8-3-2-4-8)6-7-5-9(10(14)15)12-11-7/h5,8H,2-4,6H2,1H3,(H,11,12)(H,14,15). The fourth-order valence-electron chi connectivity index (χ4n) is 1.78. The lowest BCUT2D eigenvalue weighted by Gasteiger charge is -2.34. The lowest BCUT2D eigenvalue weighted by Crippen LogP contribution is -2.36. The Morgan fingerprint density at radius 2 is 2.47 bits per heavy atom. The quantitative estimate of drug-likeness (QED) is 0.778. The Labute approximate surface area is 88.1 Å². The molecule has 0 aliphatic heterocycles.